The van der Waals surface area contributed by atoms with E-state index in [1.165, 1.54) is 0 Å². The second-order valence-corrected chi connectivity index (χ2v) is 3.61. The molecule has 2 heteroatoms. The quantitative estimate of drug-likeness (QED) is 0.571. The van der Waals surface area contributed by atoms with Gasteiger partial charge in [0.15, 0.2) is 0 Å². The molecule has 1 aromatic carbocycles. The normalized spacial score (nSPS) is 10.6. The number of rotatable bonds is 2. The van der Waals surface area contributed by atoms with Crippen LogP contribution in [-0.4, -0.2) is 10.7 Å². The third-order valence-electron chi connectivity index (χ3n) is 2.50. The lowest BCUT2D eigenvalue weighted by atomic mass is 9.98. The summed E-state index contributed by atoms with van der Waals surface area (Å²) in [6, 6.07) is 7.36. The predicted molar refractivity (Wildman–Crippen MR) is 63.3 cm³/mol. The van der Waals surface area contributed by atoms with Crippen molar-refractivity contribution >= 4 is 5.69 Å². The van der Waals surface area contributed by atoms with Crippen LogP contribution in [0, 0.1) is 11.8 Å². The number of anilines is 1. The molecule has 15 heavy (non-hydrogen) atoms. The Balaban J connectivity index is 2.90. The molecule has 1 aromatic rings. The fraction of sp³-hybridized carbons (Fsp3) is 0.385. The number of aliphatic hydroxyl groups is 1. The van der Waals surface area contributed by atoms with Gasteiger partial charge >= 0.3 is 0 Å². The van der Waals surface area contributed by atoms with Gasteiger partial charge in [-0.25, -0.2) is 0 Å². The third kappa shape index (κ3) is 3.30. The summed E-state index contributed by atoms with van der Waals surface area (Å²) in [4.78, 5) is 0. The van der Waals surface area contributed by atoms with Gasteiger partial charge in [0, 0.05) is 11.3 Å². The first-order valence-electron chi connectivity index (χ1n) is 5.20. The first kappa shape index (κ1) is 11.6. The van der Waals surface area contributed by atoms with Gasteiger partial charge in [-0.3, -0.25) is 0 Å². The van der Waals surface area contributed by atoms with Gasteiger partial charge in [0.25, 0.3) is 0 Å². The fourth-order valence-corrected chi connectivity index (χ4v) is 1.23. The standard InChI is InChI=1S/C13H17NO/c1-3-13(15,4-2)9-8-11-6-5-7-12(14)10-11/h5-7,10,15H,3-4,14H2,1-2H3. The molecule has 0 unspecified atom stereocenters. The molecule has 0 radical (unpaired) electrons. The highest BCUT2D eigenvalue weighted by Crippen LogP contribution is 2.13. The molecule has 0 bridgehead atoms. The Morgan fingerprint density at radius 2 is 2.00 bits per heavy atom. The van der Waals surface area contributed by atoms with Gasteiger partial charge in [0.1, 0.15) is 5.60 Å². The van der Waals surface area contributed by atoms with Gasteiger partial charge in [0.05, 0.1) is 0 Å². The van der Waals surface area contributed by atoms with E-state index in [0.717, 1.165) is 5.56 Å². The van der Waals surface area contributed by atoms with E-state index >= 15 is 0 Å². The van der Waals surface area contributed by atoms with Crippen molar-refractivity contribution in [3.05, 3.63) is 29.8 Å². The average Bonchev–Trinajstić information content (AvgIpc) is 2.26. The van der Waals surface area contributed by atoms with Crippen LogP contribution in [0.15, 0.2) is 24.3 Å². The number of nitrogen functional groups attached to an aromatic ring is 1. The lowest BCUT2D eigenvalue weighted by molar-refractivity contribution is 0.0931. The summed E-state index contributed by atoms with van der Waals surface area (Å²) in [5.74, 6) is 5.84. The first-order valence-corrected chi connectivity index (χ1v) is 5.20. The lowest BCUT2D eigenvalue weighted by Gasteiger charge is -2.16. The maximum absolute atomic E-state index is 9.95. The molecule has 0 aliphatic rings. The summed E-state index contributed by atoms with van der Waals surface area (Å²) < 4.78 is 0. The van der Waals surface area contributed by atoms with Gasteiger partial charge in [0.2, 0.25) is 0 Å². The van der Waals surface area contributed by atoms with Gasteiger partial charge in [-0.15, -0.1) is 0 Å². The van der Waals surface area contributed by atoms with Crippen molar-refractivity contribution in [3.63, 3.8) is 0 Å². The van der Waals surface area contributed by atoms with E-state index < -0.39 is 5.60 Å². The van der Waals surface area contributed by atoms with Gasteiger partial charge in [-0.2, -0.15) is 0 Å². The van der Waals surface area contributed by atoms with E-state index in [4.69, 9.17) is 5.73 Å². The Morgan fingerprint density at radius 1 is 1.33 bits per heavy atom. The molecule has 2 nitrogen and oxygen atoms in total. The van der Waals surface area contributed by atoms with Crippen molar-refractivity contribution in [2.24, 2.45) is 0 Å². The van der Waals surface area contributed by atoms with E-state index in [1.54, 1.807) is 6.07 Å². The largest absolute Gasteiger partial charge is 0.399 e. The first-order chi connectivity index (χ1) is 7.09. The highest BCUT2D eigenvalue weighted by Gasteiger charge is 2.17. The Morgan fingerprint density at radius 3 is 2.53 bits per heavy atom. The smallest absolute Gasteiger partial charge is 0.125 e. The Hall–Kier alpha value is -1.46. The molecule has 80 valence electrons. The van der Waals surface area contributed by atoms with Crippen molar-refractivity contribution in [1.29, 1.82) is 0 Å². The third-order valence-corrected chi connectivity index (χ3v) is 2.50. The zero-order valence-corrected chi connectivity index (χ0v) is 9.25. The highest BCUT2D eigenvalue weighted by molar-refractivity contribution is 5.47. The second-order valence-electron chi connectivity index (χ2n) is 3.61. The van der Waals surface area contributed by atoms with Crippen molar-refractivity contribution in [2.45, 2.75) is 32.3 Å². The molecular weight excluding hydrogens is 186 g/mol. The van der Waals surface area contributed by atoms with Crippen LogP contribution in [0.3, 0.4) is 0 Å². The molecule has 0 saturated heterocycles. The number of nitrogens with two attached hydrogens (primary N) is 1. The average molecular weight is 203 g/mol. The Labute approximate surface area is 91.1 Å². The molecule has 0 atom stereocenters. The zero-order valence-electron chi connectivity index (χ0n) is 9.25. The summed E-state index contributed by atoms with van der Waals surface area (Å²) in [5.41, 5.74) is 6.30. The SMILES string of the molecule is CCC(O)(C#Cc1cccc(N)c1)CC. The highest BCUT2D eigenvalue weighted by atomic mass is 16.3. The monoisotopic (exact) mass is 203 g/mol. The minimum Gasteiger partial charge on any atom is -0.399 e. The van der Waals surface area contributed by atoms with Crippen LogP contribution in [0.25, 0.3) is 0 Å². The zero-order chi connectivity index (χ0) is 11.3. The van der Waals surface area contributed by atoms with Crippen LogP contribution in [0.5, 0.6) is 0 Å². The molecule has 0 saturated carbocycles. The molecule has 0 aliphatic carbocycles. The van der Waals surface area contributed by atoms with Gasteiger partial charge in [-0.1, -0.05) is 31.8 Å². The number of benzene rings is 1. The maximum Gasteiger partial charge on any atom is 0.125 e. The molecule has 0 amide bonds. The number of hydrogen-bond donors (Lipinski definition) is 2. The van der Waals surface area contributed by atoms with Crippen LogP contribution >= 0.6 is 0 Å². The van der Waals surface area contributed by atoms with Crippen molar-refractivity contribution in [2.75, 3.05) is 5.73 Å². The van der Waals surface area contributed by atoms with Gasteiger partial charge in [-0.05, 0) is 31.0 Å². The Bertz CT molecular complexity index is 383. The summed E-state index contributed by atoms with van der Waals surface area (Å²) in [5, 5.41) is 9.95. The van der Waals surface area contributed by atoms with Crippen LogP contribution < -0.4 is 5.73 Å². The summed E-state index contributed by atoms with van der Waals surface area (Å²) in [6.07, 6.45) is 1.28. The van der Waals surface area contributed by atoms with Gasteiger partial charge < -0.3 is 10.8 Å². The minimum atomic E-state index is -0.870. The minimum absolute atomic E-state index is 0.638. The fourth-order valence-electron chi connectivity index (χ4n) is 1.23. The molecule has 0 aliphatic heterocycles. The van der Waals surface area contributed by atoms with Crippen molar-refractivity contribution in [3.8, 4) is 11.8 Å². The van der Waals surface area contributed by atoms with Crippen LogP contribution in [0.1, 0.15) is 32.3 Å². The summed E-state index contributed by atoms with van der Waals surface area (Å²) in [6.45, 7) is 3.86. The molecule has 0 spiro atoms. The summed E-state index contributed by atoms with van der Waals surface area (Å²) >= 11 is 0. The molecule has 3 N–H and O–H groups in total. The number of hydrogen-bond acceptors (Lipinski definition) is 2. The molecule has 1 rings (SSSR count). The Kier molecular flexibility index (Phi) is 3.76. The molecule has 0 aromatic heterocycles. The van der Waals surface area contributed by atoms with E-state index in [2.05, 4.69) is 11.8 Å². The van der Waals surface area contributed by atoms with E-state index in [1.807, 2.05) is 32.0 Å². The molecule has 0 fully saturated rings. The van der Waals surface area contributed by atoms with Crippen molar-refractivity contribution < 1.29 is 5.11 Å². The van der Waals surface area contributed by atoms with Crippen molar-refractivity contribution in [1.82, 2.24) is 0 Å². The molecular formula is C13H17NO. The van der Waals surface area contributed by atoms with Crippen LogP contribution in [0.4, 0.5) is 5.69 Å². The lowest BCUT2D eigenvalue weighted by Crippen LogP contribution is -2.23. The summed E-state index contributed by atoms with van der Waals surface area (Å²) in [7, 11) is 0. The van der Waals surface area contributed by atoms with E-state index in [-0.39, 0.29) is 0 Å². The topological polar surface area (TPSA) is 46.2 Å². The van der Waals surface area contributed by atoms with E-state index in [0.29, 0.717) is 18.5 Å². The maximum atomic E-state index is 9.95. The van der Waals surface area contributed by atoms with Crippen LogP contribution in [-0.2, 0) is 0 Å². The molecule has 0 heterocycles. The van der Waals surface area contributed by atoms with E-state index in [9.17, 15) is 5.11 Å². The predicted octanol–water partition coefficient (Wildman–Crippen LogP) is 2.17. The second kappa shape index (κ2) is 4.86. The van der Waals surface area contributed by atoms with Crippen LogP contribution in [0.2, 0.25) is 0 Å².